The maximum atomic E-state index is 12.8. The van der Waals surface area contributed by atoms with Gasteiger partial charge in [0.05, 0.1) is 18.4 Å². The molecule has 0 heterocycles. The van der Waals surface area contributed by atoms with Gasteiger partial charge >= 0.3 is 0 Å². The minimum Gasteiger partial charge on any atom is -0.496 e. The highest BCUT2D eigenvalue weighted by molar-refractivity contribution is 8.00. The molecule has 2 amide bonds. The number of aryl methyl sites for hydroxylation is 2. The van der Waals surface area contributed by atoms with Crippen LogP contribution in [-0.4, -0.2) is 31.2 Å². The van der Waals surface area contributed by atoms with E-state index in [1.807, 2.05) is 68.4 Å². The summed E-state index contributed by atoms with van der Waals surface area (Å²) in [5, 5.41) is 5.87. The van der Waals surface area contributed by atoms with Crippen molar-refractivity contribution in [2.75, 3.05) is 24.7 Å². The lowest BCUT2D eigenvalue weighted by atomic mass is 10.1. The van der Waals surface area contributed by atoms with Crippen molar-refractivity contribution in [1.82, 2.24) is 5.32 Å². The first-order valence-corrected chi connectivity index (χ1v) is 11.4. The van der Waals surface area contributed by atoms with Gasteiger partial charge in [-0.2, -0.15) is 0 Å². The molecule has 166 valence electrons. The molecule has 0 fully saturated rings. The number of hydrogen-bond donors (Lipinski definition) is 2. The van der Waals surface area contributed by atoms with Crippen molar-refractivity contribution in [1.29, 1.82) is 0 Å². The molecule has 0 bridgehead atoms. The Bertz CT molecular complexity index is 1080. The number of methoxy groups -OCH3 is 1. The number of anilines is 1. The standard InChI is InChI=1S/C26H28N2O3S/c1-18-8-11-21(12-9-18)28-25(29)17-32-24-7-5-4-6-22(24)26(30)27-15-14-20-16-19(2)10-13-23(20)31-3/h4-13,16H,14-15,17H2,1-3H3,(H,27,30)(H,28,29). The molecule has 0 aliphatic heterocycles. The van der Waals surface area contributed by atoms with Gasteiger partial charge < -0.3 is 15.4 Å². The molecule has 0 aliphatic carbocycles. The van der Waals surface area contributed by atoms with Gasteiger partial charge in [0.25, 0.3) is 5.91 Å². The van der Waals surface area contributed by atoms with Crippen LogP contribution < -0.4 is 15.4 Å². The molecule has 0 unspecified atom stereocenters. The Morgan fingerprint density at radius 1 is 0.938 bits per heavy atom. The van der Waals surface area contributed by atoms with Crippen LogP contribution in [0, 0.1) is 13.8 Å². The lowest BCUT2D eigenvalue weighted by Gasteiger charge is -2.12. The van der Waals surface area contributed by atoms with Gasteiger partial charge in [-0.05, 0) is 56.2 Å². The molecule has 0 spiro atoms. The first kappa shape index (κ1) is 23.4. The zero-order valence-corrected chi connectivity index (χ0v) is 19.4. The maximum Gasteiger partial charge on any atom is 0.252 e. The molecule has 0 aliphatic rings. The zero-order valence-electron chi connectivity index (χ0n) is 18.6. The predicted molar refractivity (Wildman–Crippen MR) is 131 cm³/mol. The van der Waals surface area contributed by atoms with Gasteiger partial charge in [-0.25, -0.2) is 0 Å². The molecular formula is C26H28N2O3S. The van der Waals surface area contributed by atoms with E-state index in [-0.39, 0.29) is 17.6 Å². The van der Waals surface area contributed by atoms with E-state index < -0.39 is 0 Å². The number of carbonyl (C=O) groups is 2. The van der Waals surface area contributed by atoms with Gasteiger partial charge in [0.15, 0.2) is 0 Å². The van der Waals surface area contributed by atoms with Gasteiger partial charge in [0.2, 0.25) is 5.91 Å². The Balaban J connectivity index is 1.56. The highest BCUT2D eigenvalue weighted by Crippen LogP contribution is 2.23. The summed E-state index contributed by atoms with van der Waals surface area (Å²) < 4.78 is 5.41. The van der Waals surface area contributed by atoms with Crippen LogP contribution >= 0.6 is 11.8 Å². The Labute approximate surface area is 193 Å². The van der Waals surface area contributed by atoms with Crippen molar-refractivity contribution in [2.24, 2.45) is 0 Å². The van der Waals surface area contributed by atoms with E-state index >= 15 is 0 Å². The summed E-state index contributed by atoms with van der Waals surface area (Å²) in [4.78, 5) is 25.9. The van der Waals surface area contributed by atoms with E-state index in [4.69, 9.17) is 4.74 Å². The summed E-state index contributed by atoms with van der Waals surface area (Å²) in [6.07, 6.45) is 0.671. The highest BCUT2D eigenvalue weighted by Gasteiger charge is 2.13. The highest BCUT2D eigenvalue weighted by atomic mass is 32.2. The van der Waals surface area contributed by atoms with Crippen molar-refractivity contribution < 1.29 is 14.3 Å². The summed E-state index contributed by atoms with van der Waals surface area (Å²) in [6, 6.07) is 21.0. The van der Waals surface area contributed by atoms with Crippen molar-refractivity contribution in [3.63, 3.8) is 0 Å². The molecule has 5 nitrogen and oxygen atoms in total. The average Bonchev–Trinajstić information content (AvgIpc) is 2.79. The van der Waals surface area contributed by atoms with Crippen LogP contribution in [0.25, 0.3) is 0 Å². The first-order valence-electron chi connectivity index (χ1n) is 10.5. The minimum atomic E-state index is -0.154. The van der Waals surface area contributed by atoms with Gasteiger partial charge in [0.1, 0.15) is 5.75 Å². The number of thioether (sulfide) groups is 1. The first-order chi connectivity index (χ1) is 15.5. The predicted octanol–water partition coefficient (Wildman–Crippen LogP) is 5.02. The molecule has 6 heteroatoms. The zero-order chi connectivity index (χ0) is 22.9. The van der Waals surface area contributed by atoms with Crippen LogP contribution in [0.1, 0.15) is 27.0 Å². The molecule has 0 atom stereocenters. The Hall–Kier alpha value is -3.25. The number of hydrogen-bond acceptors (Lipinski definition) is 4. The van der Waals surface area contributed by atoms with Crippen LogP contribution in [0.5, 0.6) is 5.75 Å². The van der Waals surface area contributed by atoms with Crippen LogP contribution in [0.4, 0.5) is 5.69 Å². The molecule has 2 N–H and O–H groups in total. The molecule has 3 rings (SSSR count). The number of carbonyl (C=O) groups excluding carboxylic acids is 2. The van der Waals surface area contributed by atoms with E-state index in [0.717, 1.165) is 33.0 Å². The molecule has 0 saturated carbocycles. The lowest BCUT2D eigenvalue weighted by Crippen LogP contribution is -2.26. The maximum absolute atomic E-state index is 12.8. The van der Waals surface area contributed by atoms with Crippen LogP contribution in [-0.2, 0) is 11.2 Å². The lowest BCUT2D eigenvalue weighted by molar-refractivity contribution is -0.113. The largest absolute Gasteiger partial charge is 0.496 e. The van der Waals surface area contributed by atoms with Gasteiger partial charge in [0, 0.05) is 17.1 Å². The van der Waals surface area contributed by atoms with Crippen LogP contribution in [0.15, 0.2) is 71.6 Å². The molecule has 0 aromatic heterocycles. The third-order valence-corrected chi connectivity index (χ3v) is 6.02. The van der Waals surface area contributed by atoms with E-state index in [2.05, 4.69) is 16.7 Å². The van der Waals surface area contributed by atoms with Crippen molar-refractivity contribution >= 4 is 29.3 Å². The van der Waals surface area contributed by atoms with Gasteiger partial charge in [-0.15, -0.1) is 11.8 Å². The Kier molecular flexibility index (Phi) is 8.34. The summed E-state index contributed by atoms with van der Waals surface area (Å²) in [7, 11) is 1.65. The van der Waals surface area contributed by atoms with E-state index in [1.165, 1.54) is 11.8 Å². The minimum absolute atomic E-state index is 0.111. The Morgan fingerprint density at radius 3 is 2.41 bits per heavy atom. The summed E-state index contributed by atoms with van der Waals surface area (Å²) >= 11 is 1.35. The fraction of sp³-hybridized carbons (Fsp3) is 0.231. The molecule has 0 radical (unpaired) electrons. The number of amides is 2. The number of rotatable bonds is 9. The summed E-state index contributed by atoms with van der Waals surface area (Å²) in [5.74, 6) is 0.776. The second-order valence-electron chi connectivity index (χ2n) is 7.52. The SMILES string of the molecule is COc1ccc(C)cc1CCNC(=O)c1ccccc1SCC(=O)Nc1ccc(C)cc1. The topological polar surface area (TPSA) is 67.4 Å². The molecule has 3 aromatic carbocycles. The van der Waals surface area contributed by atoms with E-state index in [9.17, 15) is 9.59 Å². The number of ether oxygens (including phenoxy) is 1. The van der Waals surface area contributed by atoms with Crippen LogP contribution in [0.3, 0.4) is 0 Å². The van der Waals surface area contributed by atoms with Crippen molar-refractivity contribution in [2.45, 2.75) is 25.2 Å². The quantitative estimate of drug-likeness (QED) is 0.451. The summed E-state index contributed by atoms with van der Waals surface area (Å²) in [5.41, 5.74) is 4.68. The molecule has 32 heavy (non-hydrogen) atoms. The third-order valence-electron chi connectivity index (χ3n) is 4.94. The van der Waals surface area contributed by atoms with Crippen LogP contribution in [0.2, 0.25) is 0 Å². The summed E-state index contributed by atoms with van der Waals surface area (Å²) in [6.45, 7) is 4.52. The monoisotopic (exact) mass is 448 g/mol. The fourth-order valence-electron chi connectivity index (χ4n) is 3.27. The second kappa shape index (κ2) is 11.4. The number of benzene rings is 3. The smallest absolute Gasteiger partial charge is 0.252 e. The fourth-order valence-corrected chi connectivity index (χ4v) is 4.12. The van der Waals surface area contributed by atoms with Gasteiger partial charge in [-0.1, -0.05) is 47.5 Å². The van der Waals surface area contributed by atoms with E-state index in [1.54, 1.807) is 13.2 Å². The average molecular weight is 449 g/mol. The molecular weight excluding hydrogens is 420 g/mol. The molecule has 3 aromatic rings. The van der Waals surface area contributed by atoms with Crippen molar-refractivity contribution in [3.8, 4) is 5.75 Å². The molecule has 0 saturated heterocycles. The second-order valence-corrected chi connectivity index (χ2v) is 8.54. The van der Waals surface area contributed by atoms with E-state index in [0.29, 0.717) is 18.5 Å². The third kappa shape index (κ3) is 6.62. The van der Waals surface area contributed by atoms with Gasteiger partial charge in [-0.3, -0.25) is 9.59 Å². The number of nitrogens with one attached hydrogen (secondary N) is 2. The van der Waals surface area contributed by atoms with Crippen molar-refractivity contribution in [3.05, 3.63) is 89.0 Å². The normalized spacial score (nSPS) is 10.5. The Morgan fingerprint density at radius 2 is 1.66 bits per heavy atom.